The molecular weight excluding hydrogens is 226 g/mol. The van der Waals surface area contributed by atoms with Crippen molar-refractivity contribution in [3.63, 3.8) is 0 Å². The molecule has 0 bridgehead atoms. The van der Waals surface area contributed by atoms with Gasteiger partial charge in [-0.25, -0.2) is 4.98 Å². The van der Waals surface area contributed by atoms with Crippen LogP contribution in [0.3, 0.4) is 0 Å². The van der Waals surface area contributed by atoms with Gasteiger partial charge in [0.2, 0.25) is 5.91 Å². The highest BCUT2D eigenvalue weighted by atomic mass is 32.1. The van der Waals surface area contributed by atoms with Crippen molar-refractivity contribution in [2.24, 2.45) is 5.73 Å². The molecule has 0 spiro atoms. The van der Waals surface area contributed by atoms with E-state index in [9.17, 15) is 4.79 Å². The Balaban J connectivity index is 2.31. The largest absolute Gasteiger partial charge is 0.396 e. The van der Waals surface area contributed by atoms with Crippen LogP contribution in [0, 0.1) is 0 Å². The number of nitrogens with one attached hydrogen (secondary N) is 1. The van der Waals surface area contributed by atoms with Crippen LogP contribution in [0.15, 0.2) is 5.38 Å². The van der Waals surface area contributed by atoms with Crippen LogP contribution >= 0.6 is 11.3 Å². The molecule has 0 aliphatic rings. The summed E-state index contributed by atoms with van der Waals surface area (Å²) in [5.74, 6) is -0.0574. The van der Waals surface area contributed by atoms with Crippen molar-refractivity contribution in [1.82, 2.24) is 10.3 Å². The molecule has 1 aromatic heterocycles. The molecule has 0 radical (unpaired) electrons. The number of nitrogens with zero attached hydrogens (tertiary/aromatic N) is 1. The van der Waals surface area contributed by atoms with Crippen LogP contribution in [0.4, 0.5) is 0 Å². The van der Waals surface area contributed by atoms with Crippen LogP contribution in [0.5, 0.6) is 0 Å². The van der Waals surface area contributed by atoms with Crippen molar-refractivity contribution in [1.29, 1.82) is 0 Å². The van der Waals surface area contributed by atoms with Gasteiger partial charge in [-0.3, -0.25) is 4.79 Å². The number of aliphatic hydroxyl groups excluding tert-OH is 1. The quantitative estimate of drug-likeness (QED) is 0.573. The van der Waals surface area contributed by atoms with E-state index in [0.29, 0.717) is 25.9 Å². The number of amides is 1. The van der Waals surface area contributed by atoms with Gasteiger partial charge in [0.1, 0.15) is 0 Å². The number of thiazole rings is 1. The zero-order chi connectivity index (χ0) is 11.8. The van der Waals surface area contributed by atoms with E-state index in [2.05, 4.69) is 10.3 Å². The Morgan fingerprint density at radius 3 is 3.12 bits per heavy atom. The molecule has 0 aromatic carbocycles. The predicted octanol–water partition coefficient (Wildman–Crippen LogP) is -0.315. The summed E-state index contributed by atoms with van der Waals surface area (Å²) >= 11 is 1.53. The first-order valence-corrected chi connectivity index (χ1v) is 6.15. The number of nitrogens with two attached hydrogens (primary N) is 1. The Morgan fingerprint density at radius 2 is 2.44 bits per heavy atom. The second kappa shape index (κ2) is 7.32. The number of hydrogen-bond donors (Lipinski definition) is 3. The molecule has 4 N–H and O–H groups in total. The monoisotopic (exact) mass is 243 g/mol. The van der Waals surface area contributed by atoms with Gasteiger partial charge in [-0.2, -0.15) is 0 Å². The number of carbonyl (C=O) groups excluding carboxylic acids is 1. The SMILES string of the molecule is NCCc1nc(CC(=O)NCCCO)cs1. The van der Waals surface area contributed by atoms with Gasteiger partial charge in [0.05, 0.1) is 17.1 Å². The standard InChI is InChI=1S/C10H17N3O2S/c11-3-2-10-13-8(7-16-10)6-9(15)12-4-1-5-14/h7,14H,1-6,11H2,(H,12,15). The molecule has 0 saturated carbocycles. The van der Waals surface area contributed by atoms with Crippen molar-refractivity contribution in [2.75, 3.05) is 19.7 Å². The van der Waals surface area contributed by atoms with E-state index in [1.165, 1.54) is 11.3 Å². The first kappa shape index (κ1) is 13.1. The summed E-state index contributed by atoms with van der Waals surface area (Å²) in [6, 6.07) is 0. The van der Waals surface area contributed by atoms with Crippen molar-refractivity contribution in [3.8, 4) is 0 Å². The van der Waals surface area contributed by atoms with Crippen LogP contribution in [-0.2, 0) is 17.6 Å². The Kier molecular flexibility index (Phi) is 5.99. The average molecular weight is 243 g/mol. The third kappa shape index (κ3) is 4.69. The normalized spacial score (nSPS) is 10.4. The molecule has 1 heterocycles. The molecule has 0 fully saturated rings. The lowest BCUT2D eigenvalue weighted by molar-refractivity contribution is -0.120. The van der Waals surface area contributed by atoms with Crippen molar-refractivity contribution in [3.05, 3.63) is 16.1 Å². The highest BCUT2D eigenvalue weighted by molar-refractivity contribution is 7.09. The number of carbonyl (C=O) groups is 1. The zero-order valence-corrected chi connectivity index (χ0v) is 9.92. The molecule has 16 heavy (non-hydrogen) atoms. The Bertz CT molecular complexity index is 328. The van der Waals surface area contributed by atoms with Gasteiger partial charge in [0.25, 0.3) is 0 Å². The fraction of sp³-hybridized carbons (Fsp3) is 0.600. The lowest BCUT2D eigenvalue weighted by Crippen LogP contribution is -2.26. The van der Waals surface area contributed by atoms with Gasteiger partial charge in [-0.05, 0) is 13.0 Å². The zero-order valence-electron chi connectivity index (χ0n) is 9.11. The van der Waals surface area contributed by atoms with Crippen LogP contribution in [0.2, 0.25) is 0 Å². The van der Waals surface area contributed by atoms with Gasteiger partial charge in [-0.15, -0.1) is 11.3 Å². The lowest BCUT2D eigenvalue weighted by Gasteiger charge is -2.01. The molecule has 0 atom stereocenters. The van der Waals surface area contributed by atoms with E-state index in [-0.39, 0.29) is 12.5 Å². The van der Waals surface area contributed by atoms with Crippen LogP contribution in [0.1, 0.15) is 17.1 Å². The number of rotatable bonds is 7. The summed E-state index contributed by atoms with van der Waals surface area (Å²) < 4.78 is 0. The summed E-state index contributed by atoms with van der Waals surface area (Å²) in [5, 5.41) is 14.1. The minimum Gasteiger partial charge on any atom is -0.396 e. The number of hydrogen-bond acceptors (Lipinski definition) is 5. The van der Waals surface area contributed by atoms with E-state index in [4.69, 9.17) is 10.8 Å². The van der Waals surface area contributed by atoms with E-state index < -0.39 is 0 Å². The molecule has 1 aromatic rings. The second-order valence-corrected chi connectivity index (χ2v) is 4.32. The second-order valence-electron chi connectivity index (χ2n) is 3.38. The first-order chi connectivity index (χ1) is 7.76. The minimum atomic E-state index is -0.0574. The third-order valence-corrected chi connectivity index (χ3v) is 2.91. The van der Waals surface area contributed by atoms with Crippen molar-refractivity contribution >= 4 is 17.2 Å². The smallest absolute Gasteiger partial charge is 0.226 e. The van der Waals surface area contributed by atoms with Gasteiger partial charge in [0, 0.05) is 25.0 Å². The van der Waals surface area contributed by atoms with E-state index >= 15 is 0 Å². The summed E-state index contributed by atoms with van der Waals surface area (Å²) in [7, 11) is 0. The summed E-state index contributed by atoms with van der Waals surface area (Å²) in [6.45, 7) is 1.18. The fourth-order valence-electron chi connectivity index (χ4n) is 1.20. The molecule has 0 unspecified atom stereocenters. The average Bonchev–Trinajstić information content (AvgIpc) is 2.66. The van der Waals surface area contributed by atoms with Crippen molar-refractivity contribution in [2.45, 2.75) is 19.3 Å². The van der Waals surface area contributed by atoms with E-state index in [1.54, 1.807) is 0 Å². The maximum Gasteiger partial charge on any atom is 0.226 e. The summed E-state index contributed by atoms with van der Waals surface area (Å²) in [4.78, 5) is 15.7. The van der Waals surface area contributed by atoms with Crippen molar-refractivity contribution < 1.29 is 9.90 Å². The van der Waals surface area contributed by atoms with Crippen LogP contribution in [-0.4, -0.2) is 35.7 Å². The summed E-state index contributed by atoms with van der Waals surface area (Å²) in [6.07, 6.45) is 1.64. The van der Waals surface area contributed by atoms with E-state index in [1.807, 2.05) is 5.38 Å². The van der Waals surface area contributed by atoms with Gasteiger partial charge >= 0.3 is 0 Å². The molecule has 0 aliphatic heterocycles. The highest BCUT2D eigenvalue weighted by Gasteiger charge is 2.06. The maximum atomic E-state index is 11.4. The maximum absolute atomic E-state index is 11.4. The Hall–Kier alpha value is -0.980. The number of aromatic nitrogens is 1. The summed E-state index contributed by atoms with van der Waals surface area (Å²) in [5.41, 5.74) is 6.20. The third-order valence-electron chi connectivity index (χ3n) is 1.96. The molecule has 0 saturated heterocycles. The van der Waals surface area contributed by atoms with Crippen LogP contribution in [0.25, 0.3) is 0 Å². The Labute approximate surface area is 98.7 Å². The Morgan fingerprint density at radius 1 is 1.62 bits per heavy atom. The fourth-order valence-corrected chi connectivity index (χ4v) is 2.02. The first-order valence-electron chi connectivity index (χ1n) is 5.27. The topological polar surface area (TPSA) is 88.2 Å². The van der Waals surface area contributed by atoms with Gasteiger partial charge in [-0.1, -0.05) is 0 Å². The molecule has 1 amide bonds. The molecule has 6 heteroatoms. The molecule has 5 nitrogen and oxygen atoms in total. The predicted molar refractivity (Wildman–Crippen MR) is 63.3 cm³/mol. The molecule has 1 rings (SSSR count). The molecule has 0 aliphatic carbocycles. The van der Waals surface area contributed by atoms with Crippen LogP contribution < -0.4 is 11.1 Å². The van der Waals surface area contributed by atoms with E-state index in [0.717, 1.165) is 17.1 Å². The molecule has 90 valence electrons. The number of aliphatic hydroxyl groups is 1. The minimum absolute atomic E-state index is 0.0574. The van der Waals surface area contributed by atoms with Gasteiger partial charge in [0.15, 0.2) is 0 Å². The molecular formula is C10H17N3O2S. The highest BCUT2D eigenvalue weighted by Crippen LogP contribution is 2.10. The lowest BCUT2D eigenvalue weighted by atomic mass is 10.3. The van der Waals surface area contributed by atoms with Gasteiger partial charge < -0.3 is 16.2 Å².